The second-order valence-corrected chi connectivity index (χ2v) is 9.33. The molecule has 1 fully saturated rings. The average molecular weight is 425 g/mol. The number of anilines is 1. The number of aliphatic hydroxyl groups excluding tert-OH is 1. The lowest BCUT2D eigenvalue weighted by atomic mass is 10.2. The maximum Gasteiger partial charge on any atom is 0.257 e. The molecule has 0 spiro atoms. The molecule has 10 heteroatoms. The van der Waals surface area contributed by atoms with Crippen LogP contribution in [-0.4, -0.2) is 72.4 Å². The molecule has 0 bridgehead atoms. The quantitative estimate of drug-likeness (QED) is 0.698. The molecule has 3 rings (SSSR count). The van der Waals surface area contributed by atoms with Crippen LogP contribution < -0.4 is 5.32 Å². The van der Waals surface area contributed by atoms with Gasteiger partial charge >= 0.3 is 0 Å². The SMILES string of the molecule is CCC(CO)N1CCN(S(=O)(=O)c2ccc(C(=O)Nc3nccs3)cc2)CC1. The maximum atomic E-state index is 12.9. The van der Waals surface area contributed by atoms with Gasteiger partial charge in [0.2, 0.25) is 10.0 Å². The third kappa shape index (κ3) is 4.58. The van der Waals surface area contributed by atoms with Crippen molar-refractivity contribution in [3.8, 4) is 0 Å². The number of sulfonamides is 1. The van der Waals surface area contributed by atoms with Crippen LogP contribution in [0.5, 0.6) is 0 Å². The Hall–Kier alpha value is -1.85. The van der Waals surface area contributed by atoms with Gasteiger partial charge < -0.3 is 5.11 Å². The number of amides is 1. The molecule has 152 valence electrons. The number of aliphatic hydroxyl groups is 1. The molecular formula is C18H24N4O4S2. The van der Waals surface area contributed by atoms with Gasteiger partial charge in [0.1, 0.15) is 0 Å². The number of carbonyl (C=O) groups excluding carboxylic acids is 1. The van der Waals surface area contributed by atoms with E-state index in [4.69, 9.17) is 0 Å². The molecule has 2 aromatic rings. The second-order valence-electron chi connectivity index (χ2n) is 6.50. The summed E-state index contributed by atoms with van der Waals surface area (Å²) in [6, 6.07) is 6.00. The summed E-state index contributed by atoms with van der Waals surface area (Å²) in [5, 5.41) is 14.3. The van der Waals surface area contributed by atoms with E-state index in [-0.39, 0.29) is 23.5 Å². The fourth-order valence-electron chi connectivity index (χ4n) is 3.19. The summed E-state index contributed by atoms with van der Waals surface area (Å²) in [5.74, 6) is -0.331. The number of nitrogens with one attached hydrogen (secondary N) is 1. The molecule has 8 nitrogen and oxygen atoms in total. The molecule has 0 saturated carbocycles. The third-order valence-electron chi connectivity index (χ3n) is 4.88. The molecule has 2 N–H and O–H groups in total. The van der Waals surface area contributed by atoms with Gasteiger partial charge in [-0.2, -0.15) is 4.31 Å². The molecular weight excluding hydrogens is 400 g/mol. The van der Waals surface area contributed by atoms with Crippen LogP contribution in [-0.2, 0) is 10.0 Å². The standard InChI is InChI=1S/C18H24N4O4S2/c1-2-15(13-23)21-8-10-22(11-9-21)28(25,26)16-5-3-14(4-6-16)17(24)20-18-19-7-12-27-18/h3-7,12,15,23H,2,8-11,13H2,1H3,(H,19,20,24). The Morgan fingerprint density at radius 2 is 1.93 bits per heavy atom. The lowest BCUT2D eigenvalue weighted by molar-refractivity contribution is 0.0881. The first-order valence-electron chi connectivity index (χ1n) is 9.11. The van der Waals surface area contributed by atoms with Gasteiger partial charge in [-0.25, -0.2) is 13.4 Å². The van der Waals surface area contributed by atoms with Crippen LogP contribution >= 0.6 is 11.3 Å². The first-order chi connectivity index (χ1) is 13.5. The minimum absolute atomic E-state index is 0.0699. The van der Waals surface area contributed by atoms with Gasteiger partial charge in [-0.3, -0.25) is 15.0 Å². The van der Waals surface area contributed by atoms with Crippen LogP contribution in [0.2, 0.25) is 0 Å². The Morgan fingerprint density at radius 3 is 2.46 bits per heavy atom. The highest BCUT2D eigenvalue weighted by Gasteiger charge is 2.30. The number of rotatable bonds is 7. The topological polar surface area (TPSA) is 103 Å². The Labute approximate surface area is 168 Å². The van der Waals surface area contributed by atoms with Gasteiger partial charge in [-0.15, -0.1) is 11.3 Å². The first-order valence-corrected chi connectivity index (χ1v) is 11.4. The van der Waals surface area contributed by atoms with E-state index in [9.17, 15) is 18.3 Å². The molecule has 1 aliphatic heterocycles. The lowest BCUT2D eigenvalue weighted by Crippen LogP contribution is -2.52. The summed E-state index contributed by atoms with van der Waals surface area (Å²) in [7, 11) is -3.61. The van der Waals surface area contributed by atoms with Crippen molar-refractivity contribution in [2.75, 3.05) is 38.1 Å². The molecule has 2 heterocycles. The predicted molar refractivity (Wildman–Crippen MR) is 108 cm³/mol. The van der Waals surface area contributed by atoms with Crippen LogP contribution in [0.3, 0.4) is 0 Å². The zero-order valence-corrected chi connectivity index (χ0v) is 17.2. The number of nitrogens with zero attached hydrogens (tertiary/aromatic N) is 3. The first kappa shape index (κ1) is 20.9. The monoisotopic (exact) mass is 424 g/mol. The van der Waals surface area contributed by atoms with Gasteiger partial charge in [0.05, 0.1) is 11.5 Å². The van der Waals surface area contributed by atoms with Crippen LogP contribution in [0.15, 0.2) is 40.7 Å². The van der Waals surface area contributed by atoms with Crippen molar-refractivity contribution >= 4 is 32.4 Å². The third-order valence-corrected chi connectivity index (χ3v) is 7.48. The number of hydrogen-bond donors (Lipinski definition) is 2. The van der Waals surface area contributed by atoms with Crippen LogP contribution in [0.4, 0.5) is 5.13 Å². The lowest BCUT2D eigenvalue weighted by Gasteiger charge is -2.37. The highest BCUT2D eigenvalue weighted by Crippen LogP contribution is 2.20. The summed E-state index contributed by atoms with van der Waals surface area (Å²) >= 11 is 1.31. The molecule has 0 radical (unpaired) electrons. The van der Waals surface area contributed by atoms with Gasteiger partial charge in [0.25, 0.3) is 5.91 Å². The molecule has 1 atom stereocenters. The van der Waals surface area contributed by atoms with Crippen molar-refractivity contribution in [3.63, 3.8) is 0 Å². The molecule has 1 saturated heterocycles. The summed E-state index contributed by atoms with van der Waals surface area (Å²) in [4.78, 5) is 18.5. The highest BCUT2D eigenvalue weighted by atomic mass is 32.2. The van der Waals surface area contributed by atoms with Crippen LogP contribution in [0.25, 0.3) is 0 Å². The zero-order chi connectivity index (χ0) is 20.1. The van der Waals surface area contributed by atoms with Gasteiger partial charge in [-0.1, -0.05) is 6.92 Å². The number of thiazole rings is 1. The summed E-state index contributed by atoms with van der Waals surface area (Å²) in [6.45, 7) is 4.03. The van der Waals surface area contributed by atoms with Gasteiger partial charge in [0.15, 0.2) is 5.13 Å². The number of piperazine rings is 1. The van der Waals surface area contributed by atoms with Crippen molar-refractivity contribution in [2.24, 2.45) is 0 Å². The average Bonchev–Trinajstić information content (AvgIpc) is 3.22. The van der Waals surface area contributed by atoms with Gasteiger partial charge in [-0.05, 0) is 30.7 Å². The minimum Gasteiger partial charge on any atom is -0.395 e. The number of benzene rings is 1. The Morgan fingerprint density at radius 1 is 1.25 bits per heavy atom. The van der Waals surface area contributed by atoms with Crippen molar-refractivity contribution in [1.82, 2.24) is 14.2 Å². The van der Waals surface area contributed by atoms with Crippen molar-refractivity contribution in [3.05, 3.63) is 41.4 Å². The summed E-state index contributed by atoms with van der Waals surface area (Å²) < 4.78 is 27.2. The molecule has 28 heavy (non-hydrogen) atoms. The predicted octanol–water partition coefficient (Wildman–Crippen LogP) is 1.47. The van der Waals surface area contributed by atoms with E-state index in [1.165, 1.54) is 39.9 Å². The second kappa shape index (κ2) is 9.10. The molecule has 1 aromatic heterocycles. The van der Waals surface area contributed by atoms with E-state index in [0.717, 1.165) is 6.42 Å². The molecule has 1 aromatic carbocycles. The molecule has 1 unspecified atom stereocenters. The Bertz CT molecular complexity index is 873. The number of aromatic nitrogens is 1. The molecule has 1 amide bonds. The van der Waals surface area contributed by atoms with Crippen LogP contribution in [0.1, 0.15) is 23.7 Å². The van der Waals surface area contributed by atoms with E-state index >= 15 is 0 Å². The van der Waals surface area contributed by atoms with Crippen LogP contribution in [0, 0.1) is 0 Å². The normalized spacial score (nSPS) is 17.4. The summed E-state index contributed by atoms with van der Waals surface area (Å²) in [5.41, 5.74) is 0.368. The Kier molecular flexibility index (Phi) is 6.78. The van der Waals surface area contributed by atoms with E-state index < -0.39 is 10.0 Å². The number of carbonyl (C=O) groups is 1. The van der Waals surface area contributed by atoms with E-state index in [1.807, 2.05) is 6.92 Å². The van der Waals surface area contributed by atoms with E-state index in [2.05, 4.69) is 15.2 Å². The smallest absolute Gasteiger partial charge is 0.257 e. The zero-order valence-electron chi connectivity index (χ0n) is 15.6. The largest absolute Gasteiger partial charge is 0.395 e. The van der Waals surface area contributed by atoms with Crippen molar-refractivity contribution in [2.45, 2.75) is 24.3 Å². The van der Waals surface area contributed by atoms with Crippen molar-refractivity contribution < 1.29 is 18.3 Å². The fraction of sp³-hybridized carbons (Fsp3) is 0.444. The maximum absolute atomic E-state index is 12.9. The number of hydrogen-bond acceptors (Lipinski definition) is 7. The summed E-state index contributed by atoms with van der Waals surface area (Å²) in [6.07, 6.45) is 2.42. The Balaban J connectivity index is 1.65. The highest BCUT2D eigenvalue weighted by molar-refractivity contribution is 7.89. The molecule has 0 aliphatic carbocycles. The van der Waals surface area contributed by atoms with E-state index in [0.29, 0.717) is 36.9 Å². The minimum atomic E-state index is -3.61. The molecule has 1 aliphatic rings. The fourth-order valence-corrected chi connectivity index (χ4v) is 5.14. The van der Waals surface area contributed by atoms with E-state index in [1.54, 1.807) is 11.6 Å². The van der Waals surface area contributed by atoms with Crippen molar-refractivity contribution in [1.29, 1.82) is 0 Å². The van der Waals surface area contributed by atoms with Gasteiger partial charge in [0, 0.05) is 49.4 Å².